The Hall–Kier alpha value is -1.55. The number of anilines is 2. The van der Waals surface area contributed by atoms with Crippen molar-refractivity contribution in [1.82, 2.24) is 4.90 Å². The summed E-state index contributed by atoms with van der Waals surface area (Å²) >= 11 is 0. The van der Waals surface area contributed by atoms with E-state index in [0.29, 0.717) is 12.1 Å². The summed E-state index contributed by atoms with van der Waals surface area (Å²) in [5, 5.41) is 6.58. The van der Waals surface area contributed by atoms with E-state index in [1.165, 1.54) is 12.8 Å². The van der Waals surface area contributed by atoms with Crippen molar-refractivity contribution >= 4 is 17.3 Å². The third-order valence-electron chi connectivity index (χ3n) is 4.68. The number of likely N-dealkylation sites (tertiary alicyclic amines) is 1. The number of hydrogen-bond donors (Lipinski definition) is 2. The summed E-state index contributed by atoms with van der Waals surface area (Å²) in [5.41, 5.74) is 2.04. The van der Waals surface area contributed by atoms with Gasteiger partial charge in [-0.15, -0.1) is 0 Å². The predicted octanol–water partition coefficient (Wildman–Crippen LogP) is 2.93. The zero-order valence-corrected chi connectivity index (χ0v) is 12.9. The third kappa shape index (κ3) is 3.76. The maximum atomic E-state index is 11.7. The SMILES string of the molecule is CC1CC(Nc2ccc(NC(=O)C3CC3)cc2)CCN1C. The Morgan fingerprint density at radius 1 is 1.14 bits per heavy atom. The van der Waals surface area contributed by atoms with Crippen LogP contribution in [0.15, 0.2) is 24.3 Å². The molecule has 2 atom stereocenters. The molecule has 0 radical (unpaired) electrons. The van der Waals surface area contributed by atoms with Crippen LogP contribution < -0.4 is 10.6 Å². The first kappa shape index (κ1) is 14.4. The van der Waals surface area contributed by atoms with Gasteiger partial charge in [-0.05, 0) is 63.9 Å². The van der Waals surface area contributed by atoms with Crippen LogP contribution in [0.4, 0.5) is 11.4 Å². The lowest BCUT2D eigenvalue weighted by Crippen LogP contribution is -2.42. The third-order valence-corrected chi connectivity index (χ3v) is 4.68. The van der Waals surface area contributed by atoms with Crippen molar-refractivity contribution in [2.24, 2.45) is 5.92 Å². The van der Waals surface area contributed by atoms with Gasteiger partial charge in [-0.3, -0.25) is 4.79 Å². The van der Waals surface area contributed by atoms with Crippen molar-refractivity contribution in [1.29, 1.82) is 0 Å². The largest absolute Gasteiger partial charge is 0.382 e. The van der Waals surface area contributed by atoms with Crippen LogP contribution in [0.1, 0.15) is 32.6 Å². The van der Waals surface area contributed by atoms with Crippen molar-refractivity contribution in [2.75, 3.05) is 24.2 Å². The van der Waals surface area contributed by atoms with Crippen LogP contribution in [-0.2, 0) is 4.79 Å². The summed E-state index contributed by atoms with van der Waals surface area (Å²) in [6.45, 7) is 3.43. The first-order valence-corrected chi connectivity index (χ1v) is 7.99. The molecular formula is C17H25N3O. The van der Waals surface area contributed by atoms with Crippen LogP contribution >= 0.6 is 0 Å². The lowest BCUT2D eigenvalue weighted by molar-refractivity contribution is -0.117. The normalized spacial score (nSPS) is 26.4. The topological polar surface area (TPSA) is 44.4 Å². The molecule has 2 unspecified atom stereocenters. The Morgan fingerprint density at radius 2 is 1.81 bits per heavy atom. The fraction of sp³-hybridized carbons (Fsp3) is 0.588. The number of nitrogens with one attached hydrogen (secondary N) is 2. The minimum absolute atomic E-state index is 0.167. The lowest BCUT2D eigenvalue weighted by atomic mass is 9.98. The van der Waals surface area contributed by atoms with Gasteiger partial charge in [0.05, 0.1) is 0 Å². The molecule has 0 spiro atoms. The van der Waals surface area contributed by atoms with Gasteiger partial charge in [-0.25, -0.2) is 0 Å². The zero-order chi connectivity index (χ0) is 14.8. The molecule has 1 aliphatic heterocycles. The highest BCUT2D eigenvalue weighted by atomic mass is 16.2. The summed E-state index contributed by atoms with van der Waals surface area (Å²) in [5.74, 6) is 0.420. The Balaban J connectivity index is 1.53. The van der Waals surface area contributed by atoms with Gasteiger partial charge in [-0.2, -0.15) is 0 Å². The van der Waals surface area contributed by atoms with Gasteiger partial charge in [0.15, 0.2) is 0 Å². The molecule has 1 aromatic carbocycles. The number of carbonyl (C=O) groups is 1. The van der Waals surface area contributed by atoms with Gasteiger partial charge in [0.1, 0.15) is 0 Å². The van der Waals surface area contributed by atoms with E-state index in [-0.39, 0.29) is 11.8 Å². The fourth-order valence-electron chi connectivity index (χ4n) is 2.90. The number of carbonyl (C=O) groups excluding carboxylic acids is 1. The van der Waals surface area contributed by atoms with Gasteiger partial charge in [0.2, 0.25) is 5.91 Å². The molecule has 114 valence electrons. The van der Waals surface area contributed by atoms with E-state index in [4.69, 9.17) is 0 Å². The lowest BCUT2D eigenvalue weighted by Gasteiger charge is -2.35. The molecule has 1 heterocycles. The second kappa shape index (κ2) is 6.06. The fourth-order valence-corrected chi connectivity index (χ4v) is 2.90. The highest BCUT2D eigenvalue weighted by Gasteiger charge is 2.29. The predicted molar refractivity (Wildman–Crippen MR) is 86.5 cm³/mol. The minimum atomic E-state index is 0.167. The molecule has 4 heteroatoms. The molecule has 3 rings (SSSR count). The van der Waals surface area contributed by atoms with Crippen molar-refractivity contribution in [3.63, 3.8) is 0 Å². The van der Waals surface area contributed by atoms with Crippen molar-refractivity contribution in [3.05, 3.63) is 24.3 Å². The first-order chi connectivity index (χ1) is 10.1. The van der Waals surface area contributed by atoms with Crippen LogP contribution in [0.5, 0.6) is 0 Å². The summed E-state index contributed by atoms with van der Waals surface area (Å²) < 4.78 is 0. The van der Waals surface area contributed by atoms with Crippen molar-refractivity contribution in [2.45, 2.75) is 44.7 Å². The Morgan fingerprint density at radius 3 is 2.43 bits per heavy atom. The molecule has 0 bridgehead atoms. The van der Waals surface area contributed by atoms with E-state index < -0.39 is 0 Å². The van der Waals surface area contributed by atoms with E-state index in [9.17, 15) is 4.79 Å². The number of benzene rings is 1. The smallest absolute Gasteiger partial charge is 0.227 e. The number of nitrogens with zero attached hydrogens (tertiary/aromatic N) is 1. The number of rotatable bonds is 4. The van der Waals surface area contributed by atoms with Crippen LogP contribution in [0.25, 0.3) is 0 Å². The summed E-state index contributed by atoms with van der Waals surface area (Å²) in [6.07, 6.45) is 4.44. The summed E-state index contributed by atoms with van der Waals surface area (Å²) in [4.78, 5) is 14.1. The van der Waals surface area contributed by atoms with E-state index in [1.54, 1.807) is 0 Å². The maximum Gasteiger partial charge on any atom is 0.227 e. The molecule has 1 aromatic rings. The molecule has 1 amide bonds. The van der Waals surface area contributed by atoms with Crippen LogP contribution in [0.2, 0.25) is 0 Å². The summed E-state index contributed by atoms with van der Waals surface area (Å²) in [6, 6.07) is 9.27. The van der Waals surface area contributed by atoms with Gasteiger partial charge in [-0.1, -0.05) is 0 Å². The quantitative estimate of drug-likeness (QED) is 0.895. The average Bonchev–Trinajstić information content (AvgIpc) is 3.30. The van der Waals surface area contributed by atoms with Crippen LogP contribution in [0.3, 0.4) is 0 Å². The Bertz CT molecular complexity index is 495. The molecule has 1 saturated heterocycles. The van der Waals surface area contributed by atoms with E-state index in [0.717, 1.165) is 30.8 Å². The molecular weight excluding hydrogens is 262 g/mol. The van der Waals surface area contributed by atoms with Crippen molar-refractivity contribution in [3.8, 4) is 0 Å². The van der Waals surface area contributed by atoms with Gasteiger partial charge < -0.3 is 15.5 Å². The van der Waals surface area contributed by atoms with Crippen LogP contribution in [-0.4, -0.2) is 36.5 Å². The van der Waals surface area contributed by atoms with Gasteiger partial charge >= 0.3 is 0 Å². The average molecular weight is 287 g/mol. The number of piperidine rings is 1. The molecule has 21 heavy (non-hydrogen) atoms. The van der Waals surface area contributed by atoms with Gasteiger partial charge in [0, 0.05) is 35.9 Å². The molecule has 2 aliphatic rings. The minimum Gasteiger partial charge on any atom is -0.382 e. The molecule has 0 aromatic heterocycles. The molecule has 2 N–H and O–H groups in total. The van der Waals surface area contributed by atoms with Crippen molar-refractivity contribution < 1.29 is 4.79 Å². The second-order valence-corrected chi connectivity index (χ2v) is 6.54. The molecule has 1 aliphatic carbocycles. The second-order valence-electron chi connectivity index (χ2n) is 6.54. The maximum absolute atomic E-state index is 11.7. The molecule has 2 fully saturated rings. The van der Waals surface area contributed by atoms with E-state index in [2.05, 4.69) is 41.6 Å². The van der Waals surface area contributed by atoms with E-state index in [1.807, 2.05) is 12.1 Å². The van der Waals surface area contributed by atoms with Gasteiger partial charge in [0.25, 0.3) is 0 Å². The zero-order valence-electron chi connectivity index (χ0n) is 12.9. The molecule has 1 saturated carbocycles. The standard InChI is InChI=1S/C17H25N3O/c1-12-11-16(9-10-20(12)2)18-14-5-7-15(8-6-14)19-17(21)13-3-4-13/h5-8,12-13,16,18H,3-4,9-11H2,1-2H3,(H,19,21). The monoisotopic (exact) mass is 287 g/mol. The molecule has 4 nitrogen and oxygen atoms in total. The highest BCUT2D eigenvalue weighted by Crippen LogP contribution is 2.30. The first-order valence-electron chi connectivity index (χ1n) is 7.99. The number of hydrogen-bond acceptors (Lipinski definition) is 3. The highest BCUT2D eigenvalue weighted by molar-refractivity contribution is 5.94. The Labute approximate surface area is 126 Å². The van der Waals surface area contributed by atoms with E-state index >= 15 is 0 Å². The Kier molecular flexibility index (Phi) is 4.15. The number of amides is 1. The summed E-state index contributed by atoms with van der Waals surface area (Å²) in [7, 11) is 2.19. The van der Waals surface area contributed by atoms with Crippen LogP contribution in [0, 0.1) is 5.92 Å².